The van der Waals surface area contributed by atoms with Gasteiger partial charge >= 0.3 is 0 Å². The van der Waals surface area contributed by atoms with Gasteiger partial charge in [-0.25, -0.2) is 0 Å². The van der Waals surface area contributed by atoms with E-state index >= 15 is 0 Å². The van der Waals surface area contributed by atoms with E-state index in [1.165, 1.54) is 11.1 Å². The normalized spacial score (nSPS) is 19.6. The van der Waals surface area contributed by atoms with Gasteiger partial charge in [-0.3, -0.25) is 9.59 Å². The summed E-state index contributed by atoms with van der Waals surface area (Å²) >= 11 is 0. The highest BCUT2D eigenvalue weighted by Crippen LogP contribution is 2.40. The Morgan fingerprint density at radius 3 is 2.48 bits per heavy atom. The van der Waals surface area contributed by atoms with Gasteiger partial charge < -0.3 is 14.8 Å². The molecule has 4 rings (SSSR count). The van der Waals surface area contributed by atoms with E-state index in [1.807, 2.05) is 35.0 Å². The summed E-state index contributed by atoms with van der Waals surface area (Å²) in [5.74, 6) is 0.241. The minimum absolute atomic E-state index is 0.0228. The molecule has 5 heteroatoms. The highest BCUT2D eigenvalue weighted by atomic mass is 16.2. The molecule has 3 heterocycles. The lowest BCUT2D eigenvalue weighted by molar-refractivity contribution is -0.143. The van der Waals surface area contributed by atoms with Crippen molar-refractivity contribution in [3.05, 3.63) is 59.4 Å². The Morgan fingerprint density at radius 1 is 1.08 bits per heavy atom. The van der Waals surface area contributed by atoms with Crippen LogP contribution in [0.25, 0.3) is 0 Å². The van der Waals surface area contributed by atoms with Crippen molar-refractivity contribution < 1.29 is 9.59 Å². The van der Waals surface area contributed by atoms with Crippen LogP contribution in [0.4, 0.5) is 0 Å². The van der Waals surface area contributed by atoms with Crippen molar-refractivity contribution in [2.75, 3.05) is 20.1 Å². The smallest absolute Gasteiger partial charge is 0.270 e. The number of hydrogen-bond donors (Lipinski definition) is 1. The van der Waals surface area contributed by atoms with Crippen LogP contribution in [-0.2, 0) is 17.8 Å². The monoisotopic (exact) mass is 337 g/mol. The van der Waals surface area contributed by atoms with Crippen LogP contribution in [0.1, 0.15) is 34.5 Å². The van der Waals surface area contributed by atoms with Crippen molar-refractivity contribution in [2.45, 2.75) is 25.8 Å². The summed E-state index contributed by atoms with van der Waals surface area (Å²) in [6.45, 7) is 1.92. The van der Waals surface area contributed by atoms with Gasteiger partial charge in [0, 0.05) is 32.9 Å². The first-order valence-electron chi connectivity index (χ1n) is 8.84. The largest absolute Gasteiger partial charge is 0.357 e. The zero-order valence-corrected chi connectivity index (χ0v) is 14.5. The van der Waals surface area contributed by atoms with Crippen LogP contribution in [0, 0.1) is 5.41 Å². The average Bonchev–Trinajstić information content (AvgIpc) is 3.14. The van der Waals surface area contributed by atoms with Gasteiger partial charge in [0.2, 0.25) is 5.91 Å². The van der Waals surface area contributed by atoms with Gasteiger partial charge in [-0.15, -0.1) is 0 Å². The number of H-pyrrole nitrogens is 1. The Hall–Kier alpha value is -2.56. The lowest BCUT2D eigenvalue weighted by atomic mass is 9.73. The number of amides is 2. The van der Waals surface area contributed by atoms with Gasteiger partial charge in [-0.2, -0.15) is 0 Å². The third-order valence-corrected chi connectivity index (χ3v) is 5.69. The SMILES string of the molecule is CN1Cc2ccccc2CC2(CCN(C(=O)c3ccc[nH]3)CC2)C1=O. The van der Waals surface area contributed by atoms with E-state index in [0.717, 1.165) is 19.3 Å². The summed E-state index contributed by atoms with van der Waals surface area (Å²) in [5, 5.41) is 0. The summed E-state index contributed by atoms with van der Waals surface area (Å²) in [7, 11) is 1.89. The first-order chi connectivity index (χ1) is 12.1. The number of benzene rings is 1. The second-order valence-corrected chi connectivity index (χ2v) is 7.26. The molecular formula is C20H23N3O2. The minimum Gasteiger partial charge on any atom is -0.357 e. The Morgan fingerprint density at radius 2 is 1.80 bits per heavy atom. The summed E-state index contributed by atoms with van der Waals surface area (Å²) < 4.78 is 0. The zero-order chi connectivity index (χ0) is 17.4. The molecule has 1 spiro atoms. The molecule has 25 heavy (non-hydrogen) atoms. The van der Waals surface area contributed by atoms with Gasteiger partial charge in [0.25, 0.3) is 5.91 Å². The van der Waals surface area contributed by atoms with E-state index in [1.54, 1.807) is 12.3 Å². The molecule has 1 aromatic heterocycles. The zero-order valence-electron chi connectivity index (χ0n) is 14.5. The van der Waals surface area contributed by atoms with Crippen LogP contribution in [0.5, 0.6) is 0 Å². The second kappa shape index (κ2) is 6.06. The molecule has 2 aliphatic heterocycles. The minimum atomic E-state index is -0.381. The number of carbonyl (C=O) groups is 2. The van der Waals surface area contributed by atoms with E-state index in [9.17, 15) is 9.59 Å². The summed E-state index contributed by atoms with van der Waals surface area (Å²) in [6, 6.07) is 12.0. The third-order valence-electron chi connectivity index (χ3n) is 5.69. The number of rotatable bonds is 1. The van der Waals surface area contributed by atoms with Crippen LogP contribution in [-0.4, -0.2) is 46.7 Å². The molecule has 1 N–H and O–H groups in total. The molecule has 1 saturated heterocycles. The summed E-state index contributed by atoms with van der Waals surface area (Å²) in [4.78, 5) is 32.4. The summed E-state index contributed by atoms with van der Waals surface area (Å²) in [6.07, 6.45) is 3.98. The highest BCUT2D eigenvalue weighted by Gasteiger charge is 2.45. The van der Waals surface area contributed by atoms with Gasteiger partial charge in [-0.1, -0.05) is 24.3 Å². The lowest BCUT2D eigenvalue weighted by Gasteiger charge is -2.41. The topological polar surface area (TPSA) is 56.4 Å². The molecule has 2 aliphatic rings. The van der Waals surface area contributed by atoms with Crippen molar-refractivity contribution in [2.24, 2.45) is 5.41 Å². The van der Waals surface area contributed by atoms with E-state index in [4.69, 9.17) is 0 Å². The molecule has 1 fully saturated rings. The number of hydrogen-bond acceptors (Lipinski definition) is 2. The van der Waals surface area contributed by atoms with Crippen molar-refractivity contribution in [1.82, 2.24) is 14.8 Å². The molecular weight excluding hydrogens is 314 g/mol. The maximum atomic E-state index is 13.1. The van der Waals surface area contributed by atoms with Crippen molar-refractivity contribution in [1.29, 1.82) is 0 Å². The predicted molar refractivity (Wildman–Crippen MR) is 95.0 cm³/mol. The maximum Gasteiger partial charge on any atom is 0.270 e. The van der Waals surface area contributed by atoms with Crippen molar-refractivity contribution in [3.63, 3.8) is 0 Å². The number of piperidine rings is 1. The predicted octanol–water partition coefficient (Wildman–Crippen LogP) is 2.45. The highest BCUT2D eigenvalue weighted by molar-refractivity contribution is 5.93. The quantitative estimate of drug-likeness (QED) is 0.869. The standard InChI is InChI=1S/C20H23N3O2/c1-22-14-16-6-3-2-5-15(16)13-20(19(22)25)8-11-23(12-9-20)18(24)17-7-4-10-21-17/h2-7,10,21H,8-9,11-14H2,1H3. The third kappa shape index (κ3) is 2.73. The number of carbonyl (C=O) groups excluding carboxylic acids is 2. The summed E-state index contributed by atoms with van der Waals surface area (Å²) in [5.41, 5.74) is 2.74. The Kier molecular flexibility index (Phi) is 3.86. The first-order valence-corrected chi connectivity index (χ1v) is 8.84. The van der Waals surface area contributed by atoms with Crippen molar-refractivity contribution >= 4 is 11.8 Å². The lowest BCUT2D eigenvalue weighted by Crippen LogP contribution is -2.50. The molecule has 0 aliphatic carbocycles. The molecule has 1 aromatic carbocycles. The fourth-order valence-corrected chi connectivity index (χ4v) is 4.22. The fraction of sp³-hybridized carbons (Fsp3) is 0.400. The number of likely N-dealkylation sites (tertiary alicyclic amines) is 1. The molecule has 0 saturated carbocycles. The average molecular weight is 337 g/mol. The van der Waals surface area contributed by atoms with Crippen LogP contribution in [0.2, 0.25) is 0 Å². The van der Waals surface area contributed by atoms with Gasteiger partial charge in [0.15, 0.2) is 0 Å². The molecule has 2 amide bonds. The maximum absolute atomic E-state index is 13.1. The Balaban J connectivity index is 1.56. The first kappa shape index (κ1) is 15.9. The van der Waals surface area contributed by atoms with E-state index in [-0.39, 0.29) is 17.2 Å². The number of nitrogens with zero attached hydrogens (tertiary/aromatic N) is 2. The van der Waals surface area contributed by atoms with Gasteiger partial charge in [0.05, 0.1) is 5.41 Å². The number of fused-ring (bicyclic) bond motifs is 1. The second-order valence-electron chi connectivity index (χ2n) is 7.26. The molecule has 130 valence electrons. The molecule has 0 radical (unpaired) electrons. The molecule has 0 atom stereocenters. The Labute approximate surface area is 147 Å². The van der Waals surface area contributed by atoms with Crippen LogP contribution in [0.3, 0.4) is 0 Å². The van der Waals surface area contributed by atoms with E-state index in [0.29, 0.717) is 25.3 Å². The Bertz CT molecular complexity index is 789. The van der Waals surface area contributed by atoms with Crippen LogP contribution in [0.15, 0.2) is 42.6 Å². The molecule has 5 nitrogen and oxygen atoms in total. The number of aromatic nitrogens is 1. The van der Waals surface area contributed by atoms with Crippen LogP contribution >= 0.6 is 0 Å². The van der Waals surface area contributed by atoms with Gasteiger partial charge in [0.1, 0.15) is 5.69 Å². The van der Waals surface area contributed by atoms with Crippen LogP contribution < -0.4 is 0 Å². The molecule has 0 bridgehead atoms. The van der Waals surface area contributed by atoms with E-state index < -0.39 is 0 Å². The van der Waals surface area contributed by atoms with E-state index in [2.05, 4.69) is 17.1 Å². The number of aromatic amines is 1. The van der Waals surface area contributed by atoms with Gasteiger partial charge in [-0.05, 0) is 42.5 Å². The van der Waals surface area contributed by atoms with Crippen molar-refractivity contribution in [3.8, 4) is 0 Å². The fourth-order valence-electron chi connectivity index (χ4n) is 4.22. The molecule has 0 unspecified atom stereocenters. The molecule has 2 aromatic rings. The number of nitrogens with one attached hydrogen (secondary N) is 1.